The van der Waals surface area contributed by atoms with Gasteiger partial charge in [-0.25, -0.2) is 9.78 Å². The average Bonchev–Trinajstić information content (AvgIpc) is 3.19. The summed E-state index contributed by atoms with van der Waals surface area (Å²) < 4.78 is 0. The summed E-state index contributed by atoms with van der Waals surface area (Å²) in [4.78, 5) is 33.0. The van der Waals surface area contributed by atoms with E-state index >= 15 is 0 Å². The maximum Gasteiger partial charge on any atom is 0.326 e. The van der Waals surface area contributed by atoms with Gasteiger partial charge in [-0.1, -0.05) is 13.8 Å². The Balaban J connectivity index is 2.07. The van der Waals surface area contributed by atoms with Crippen molar-refractivity contribution >= 4 is 52.6 Å². The first kappa shape index (κ1) is 21.2. The Hall–Kier alpha value is -1.10. The minimum atomic E-state index is -1.04. The number of amides is 1. The lowest BCUT2D eigenvalue weighted by atomic mass is 10.0. The van der Waals surface area contributed by atoms with Crippen LogP contribution in [0.1, 0.15) is 31.5 Å². The average molecular weight is 417 g/mol. The Morgan fingerprint density at radius 3 is 2.81 bits per heavy atom. The third kappa shape index (κ3) is 5.21. The Labute approximate surface area is 166 Å². The van der Waals surface area contributed by atoms with Crippen LogP contribution in [0.4, 0.5) is 0 Å². The summed E-state index contributed by atoms with van der Waals surface area (Å²) in [6.45, 7) is 6.74. The fraction of sp³-hybridized carbons (Fsp3) is 0.625. The van der Waals surface area contributed by atoms with Crippen molar-refractivity contribution < 1.29 is 14.7 Å². The molecule has 0 fully saturated rings. The molecular formula is C16H24N4O3S3. The Morgan fingerprint density at radius 1 is 1.46 bits per heavy atom. The quantitative estimate of drug-likeness (QED) is 0.360. The molecule has 2 atom stereocenters. The monoisotopic (exact) mass is 416 g/mol. The van der Waals surface area contributed by atoms with E-state index in [1.807, 2.05) is 5.38 Å². The van der Waals surface area contributed by atoms with Gasteiger partial charge in [-0.3, -0.25) is 9.79 Å². The Bertz CT molecular complexity index is 692. The van der Waals surface area contributed by atoms with Gasteiger partial charge in [-0.15, -0.1) is 23.1 Å². The molecule has 2 heterocycles. The highest BCUT2D eigenvalue weighted by molar-refractivity contribution is 8.14. The second-order valence-corrected chi connectivity index (χ2v) is 8.89. The topological polar surface area (TPSA) is 104 Å². The van der Waals surface area contributed by atoms with E-state index in [9.17, 15) is 14.7 Å². The van der Waals surface area contributed by atoms with E-state index in [2.05, 4.69) is 33.2 Å². The highest BCUT2D eigenvalue weighted by Crippen LogP contribution is 2.31. The number of carbonyl (C=O) groups is 2. The molecule has 0 saturated heterocycles. The molecule has 0 radical (unpaired) electrons. The van der Waals surface area contributed by atoms with Crippen molar-refractivity contribution in [3.05, 3.63) is 16.1 Å². The van der Waals surface area contributed by atoms with Crippen molar-refractivity contribution in [3.8, 4) is 0 Å². The molecule has 0 spiro atoms. The predicted octanol–water partition coefficient (Wildman–Crippen LogP) is 1.64. The molecule has 2 rings (SSSR count). The number of aromatic nitrogens is 1. The summed E-state index contributed by atoms with van der Waals surface area (Å²) in [6, 6.07) is -0.924. The first-order chi connectivity index (χ1) is 12.3. The van der Waals surface area contributed by atoms with E-state index in [0.717, 1.165) is 28.0 Å². The molecule has 0 bridgehead atoms. The van der Waals surface area contributed by atoms with Crippen molar-refractivity contribution in [1.29, 1.82) is 0 Å². The summed E-state index contributed by atoms with van der Waals surface area (Å²) >= 11 is 7.17. The van der Waals surface area contributed by atoms with Crippen molar-refractivity contribution in [3.63, 3.8) is 0 Å². The highest BCUT2D eigenvalue weighted by Gasteiger charge is 2.41. The lowest BCUT2D eigenvalue weighted by Gasteiger charge is -2.24. The number of thiazole rings is 1. The van der Waals surface area contributed by atoms with Gasteiger partial charge >= 0.3 is 5.97 Å². The third-order valence-electron chi connectivity index (χ3n) is 3.88. The molecular weight excluding hydrogens is 392 g/mol. The Morgan fingerprint density at radius 2 is 2.19 bits per heavy atom. The molecule has 144 valence electrons. The van der Waals surface area contributed by atoms with Gasteiger partial charge in [-0.2, -0.15) is 12.6 Å². The van der Waals surface area contributed by atoms with Gasteiger partial charge in [0.15, 0.2) is 0 Å². The van der Waals surface area contributed by atoms with Gasteiger partial charge in [-0.05, 0) is 12.8 Å². The number of aliphatic imine (C=N–C) groups is 1. The lowest BCUT2D eigenvalue weighted by Crippen LogP contribution is -2.52. The SMILES string of the molecule is CC(C)[C@H](NC(=O)[C@]1(C)CSC(c2csc(CNCCS)n2)=N1)C(=O)O. The zero-order valence-electron chi connectivity index (χ0n) is 15.0. The van der Waals surface area contributed by atoms with Crippen LogP contribution in [0.3, 0.4) is 0 Å². The van der Waals surface area contributed by atoms with Crippen molar-refractivity contribution in [2.45, 2.75) is 38.9 Å². The zero-order valence-corrected chi connectivity index (χ0v) is 17.5. The Kier molecular flexibility index (Phi) is 7.51. The minimum Gasteiger partial charge on any atom is -0.480 e. The van der Waals surface area contributed by atoms with Gasteiger partial charge in [0.25, 0.3) is 0 Å². The minimum absolute atomic E-state index is 0.205. The van der Waals surface area contributed by atoms with Crippen LogP contribution in [-0.2, 0) is 16.1 Å². The van der Waals surface area contributed by atoms with E-state index < -0.39 is 17.6 Å². The zero-order chi connectivity index (χ0) is 19.3. The van der Waals surface area contributed by atoms with E-state index in [0.29, 0.717) is 12.3 Å². The normalized spacial score (nSPS) is 20.9. The molecule has 1 aromatic heterocycles. The molecule has 1 amide bonds. The number of carboxylic acids is 1. The van der Waals surface area contributed by atoms with E-state index in [-0.39, 0.29) is 11.8 Å². The highest BCUT2D eigenvalue weighted by atomic mass is 32.2. The maximum absolute atomic E-state index is 12.6. The molecule has 1 aromatic rings. The van der Waals surface area contributed by atoms with Crippen LogP contribution in [0.5, 0.6) is 0 Å². The molecule has 1 aliphatic rings. The van der Waals surface area contributed by atoms with Crippen LogP contribution >= 0.6 is 35.7 Å². The lowest BCUT2D eigenvalue weighted by molar-refractivity contribution is -0.143. The van der Waals surface area contributed by atoms with E-state index in [1.54, 1.807) is 32.1 Å². The summed E-state index contributed by atoms with van der Waals surface area (Å²) in [5.74, 6) is -0.384. The van der Waals surface area contributed by atoms with Crippen LogP contribution in [-0.4, -0.2) is 56.6 Å². The number of carboxylic acid groups (broad SMARTS) is 1. The van der Waals surface area contributed by atoms with Crippen LogP contribution < -0.4 is 10.6 Å². The number of thiol groups is 1. The first-order valence-corrected chi connectivity index (χ1v) is 10.8. The first-order valence-electron chi connectivity index (χ1n) is 8.29. The molecule has 10 heteroatoms. The van der Waals surface area contributed by atoms with Crippen molar-refractivity contribution in [2.24, 2.45) is 10.9 Å². The number of carbonyl (C=O) groups excluding carboxylic acids is 1. The van der Waals surface area contributed by atoms with Gasteiger partial charge in [0.2, 0.25) is 5.91 Å². The standard InChI is InChI=1S/C16H24N4O3S3/c1-9(2)12(14(21)22)19-15(23)16(3)8-26-13(20-16)10-7-25-11(18-10)6-17-4-5-24/h7,9,12,17,24H,4-6,8H2,1-3H3,(H,19,23)(H,21,22)/t12-,16-/m0/s1. The third-order valence-corrected chi connectivity index (χ3v) is 6.24. The molecule has 26 heavy (non-hydrogen) atoms. The van der Waals surface area contributed by atoms with Gasteiger partial charge in [0.05, 0.1) is 0 Å². The molecule has 7 nitrogen and oxygen atoms in total. The van der Waals surface area contributed by atoms with Crippen LogP contribution in [0.2, 0.25) is 0 Å². The second-order valence-electron chi connectivity index (χ2n) is 6.54. The largest absolute Gasteiger partial charge is 0.480 e. The summed E-state index contributed by atoms with van der Waals surface area (Å²) in [6.07, 6.45) is 0. The van der Waals surface area contributed by atoms with Crippen LogP contribution in [0.25, 0.3) is 0 Å². The van der Waals surface area contributed by atoms with Crippen molar-refractivity contribution in [2.75, 3.05) is 18.1 Å². The number of thioether (sulfide) groups is 1. The molecule has 0 saturated carbocycles. The van der Waals surface area contributed by atoms with E-state index in [4.69, 9.17) is 0 Å². The van der Waals surface area contributed by atoms with Crippen molar-refractivity contribution in [1.82, 2.24) is 15.6 Å². The van der Waals surface area contributed by atoms with Gasteiger partial charge in [0, 0.05) is 30.0 Å². The number of nitrogens with zero attached hydrogens (tertiary/aromatic N) is 2. The number of hydrogen-bond donors (Lipinski definition) is 4. The molecule has 3 N–H and O–H groups in total. The predicted molar refractivity (Wildman–Crippen MR) is 109 cm³/mol. The van der Waals surface area contributed by atoms with E-state index in [1.165, 1.54) is 11.8 Å². The molecule has 0 unspecified atom stereocenters. The number of rotatable bonds is 9. The fourth-order valence-corrected chi connectivity index (χ4v) is 4.43. The fourth-order valence-electron chi connectivity index (χ4n) is 2.32. The van der Waals surface area contributed by atoms with Gasteiger partial charge < -0.3 is 15.7 Å². The smallest absolute Gasteiger partial charge is 0.326 e. The van der Waals surface area contributed by atoms with Crippen LogP contribution in [0.15, 0.2) is 10.4 Å². The summed E-state index contributed by atoms with van der Waals surface area (Å²) in [7, 11) is 0. The molecule has 0 aliphatic carbocycles. The maximum atomic E-state index is 12.6. The summed E-state index contributed by atoms with van der Waals surface area (Å²) in [5.41, 5.74) is -0.228. The number of hydrogen-bond acceptors (Lipinski definition) is 8. The number of nitrogens with one attached hydrogen (secondary N) is 2. The molecule has 0 aromatic carbocycles. The second kappa shape index (κ2) is 9.20. The number of aliphatic carboxylic acids is 1. The summed E-state index contributed by atoms with van der Waals surface area (Å²) in [5, 5.41) is 18.7. The van der Waals surface area contributed by atoms with Gasteiger partial charge in [0.1, 0.15) is 27.3 Å². The van der Waals surface area contributed by atoms with Crippen LogP contribution in [0, 0.1) is 5.92 Å². The molecule has 1 aliphatic heterocycles.